The van der Waals surface area contributed by atoms with Crippen molar-refractivity contribution in [3.8, 4) is 0 Å². The van der Waals surface area contributed by atoms with Gasteiger partial charge < -0.3 is 10.2 Å². The van der Waals surface area contributed by atoms with Crippen LogP contribution in [0.15, 0.2) is 97.1 Å². The lowest BCUT2D eigenvalue weighted by atomic mass is 9.94. The zero-order valence-corrected chi connectivity index (χ0v) is 25.7. The summed E-state index contributed by atoms with van der Waals surface area (Å²) in [4.78, 5) is 29.9. The van der Waals surface area contributed by atoms with Gasteiger partial charge in [-0.2, -0.15) is 0 Å². The van der Waals surface area contributed by atoms with E-state index in [1.807, 2.05) is 60.7 Å². The Bertz CT molecular complexity index is 1690. The van der Waals surface area contributed by atoms with Crippen molar-refractivity contribution < 1.29 is 22.4 Å². The normalized spacial score (nSPS) is 14.6. The standard InChI is InChI=1S/C35H38FN3O4S/c1-44(42,43)39(32-18-10-14-28-13-8-9-17-31(28)32)25-34(40)38(24-27-19-21-29(36)22-20-27)33(23-26-11-4-2-5-12-26)35(41)37-30-15-6-3-7-16-30/h2,4-5,8-14,17-22,30,33H,3,6-7,15-16,23-25H2,1H3,(H,37,41). The minimum Gasteiger partial charge on any atom is -0.352 e. The molecule has 4 aromatic rings. The number of nitrogens with zero attached hydrogens (tertiary/aromatic N) is 2. The summed E-state index contributed by atoms with van der Waals surface area (Å²) in [5.74, 6) is -1.23. The fourth-order valence-corrected chi connectivity index (χ4v) is 6.77. The Hall–Kier alpha value is -4.24. The number of anilines is 1. The second-order valence-corrected chi connectivity index (χ2v) is 13.4. The highest BCUT2D eigenvalue weighted by atomic mass is 32.2. The SMILES string of the molecule is CS(=O)(=O)N(CC(=O)N(Cc1ccc(F)cc1)C(Cc1ccccc1)C(=O)NC1CCCCC1)c1cccc2ccccc12. The fraction of sp³-hybridized carbons (Fsp3) is 0.314. The molecule has 1 N–H and O–H groups in total. The monoisotopic (exact) mass is 615 g/mol. The Kier molecular flexibility index (Phi) is 9.95. The molecular formula is C35H38FN3O4S. The van der Waals surface area contributed by atoms with Gasteiger partial charge in [-0.3, -0.25) is 13.9 Å². The minimum atomic E-state index is -3.91. The van der Waals surface area contributed by atoms with Gasteiger partial charge in [0, 0.05) is 24.4 Å². The fourth-order valence-electron chi connectivity index (χ4n) is 5.91. The lowest BCUT2D eigenvalue weighted by Gasteiger charge is -2.35. The Labute approximate surface area is 258 Å². The number of benzene rings is 4. The molecule has 0 aromatic heterocycles. The predicted molar refractivity (Wildman–Crippen MR) is 172 cm³/mol. The number of halogens is 1. The van der Waals surface area contributed by atoms with Crippen LogP contribution in [-0.4, -0.2) is 50.0 Å². The first-order chi connectivity index (χ1) is 21.2. The molecule has 1 aliphatic rings. The molecule has 7 nitrogen and oxygen atoms in total. The maximum Gasteiger partial charge on any atom is 0.244 e. The molecule has 4 aromatic carbocycles. The van der Waals surface area contributed by atoms with Gasteiger partial charge in [-0.1, -0.05) is 98.1 Å². The van der Waals surface area contributed by atoms with Crippen molar-refractivity contribution in [1.82, 2.24) is 10.2 Å². The van der Waals surface area contributed by atoms with E-state index in [0.717, 1.165) is 53.6 Å². The van der Waals surface area contributed by atoms with Crippen LogP contribution in [0, 0.1) is 5.82 Å². The first-order valence-corrected chi connectivity index (χ1v) is 16.9. The summed E-state index contributed by atoms with van der Waals surface area (Å²) in [5, 5.41) is 4.71. The van der Waals surface area contributed by atoms with Gasteiger partial charge in [0.15, 0.2) is 0 Å². The molecule has 5 rings (SSSR count). The molecule has 1 unspecified atom stereocenters. The van der Waals surface area contributed by atoms with Crippen molar-refractivity contribution in [2.75, 3.05) is 17.1 Å². The van der Waals surface area contributed by atoms with E-state index in [-0.39, 0.29) is 24.9 Å². The lowest BCUT2D eigenvalue weighted by molar-refractivity contribution is -0.140. The second kappa shape index (κ2) is 14.0. The minimum absolute atomic E-state index is 0.00182. The van der Waals surface area contributed by atoms with Gasteiger partial charge >= 0.3 is 0 Å². The van der Waals surface area contributed by atoms with Gasteiger partial charge in [0.05, 0.1) is 11.9 Å². The Morgan fingerprint density at radius 1 is 0.841 bits per heavy atom. The number of nitrogens with one attached hydrogen (secondary N) is 1. The summed E-state index contributed by atoms with van der Waals surface area (Å²) < 4.78 is 41.4. The molecule has 9 heteroatoms. The summed E-state index contributed by atoms with van der Waals surface area (Å²) in [6.45, 7) is -0.502. The molecule has 2 amide bonds. The van der Waals surface area contributed by atoms with Crippen molar-refractivity contribution in [2.24, 2.45) is 0 Å². The van der Waals surface area contributed by atoms with Gasteiger partial charge in [0.1, 0.15) is 18.4 Å². The smallest absolute Gasteiger partial charge is 0.244 e. The average molecular weight is 616 g/mol. The van der Waals surface area contributed by atoms with Crippen LogP contribution < -0.4 is 9.62 Å². The van der Waals surface area contributed by atoms with E-state index >= 15 is 0 Å². The number of sulfonamides is 1. The van der Waals surface area contributed by atoms with Gasteiger partial charge in [-0.25, -0.2) is 12.8 Å². The predicted octanol–water partition coefficient (Wildman–Crippen LogP) is 5.83. The molecule has 1 saturated carbocycles. The lowest BCUT2D eigenvalue weighted by Crippen LogP contribution is -2.55. The Balaban J connectivity index is 1.54. The van der Waals surface area contributed by atoms with Crippen molar-refractivity contribution in [3.05, 3.63) is 114 Å². The molecule has 1 atom stereocenters. The number of carbonyl (C=O) groups is 2. The number of amides is 2. The van der Waals surface area contributed by atoms with Crippen LogP contribution in [0.25, 0.3) is 10.8 Å². The Morgan fingerprint density at radius 3 is 2.20 bits per heavy atom. The molecule has 0 radical (unpaired) electrons. The molecule has 0 saturated heterocycles. The summed E-state index contributed by atoms with van der Waals surface area (Å²) in [6.07, 6.45) is 6.24. The summed E-state index contributed by atoms with van der Waals surface area (Å²) in [6, 6.07) is 27.0. The van der Waals surface area contributed by atoms with Crippen LogP contribution in [0.2, 0.25) is 0 Å². The quantitative estimate of drug-likeness (QED) is 0.230. The average Bonchev–Trinajstić information content (AvgIpc) is 3.02. The zero-order chi connectivity index (χ0) is 31.1. The van der Waals surface area contributed by atoms with E-state index < -0.39 is 34.3 Å². The van der Waals surface area contributed by atoms with Crippen LogP contribution in [0.3, 0.4) is 0 Å². The van der Waals surface area contributed by atoms with Gasteiger partial charge in [0.2, 0.25) is 21.8 Å². The molecule has 44 heavy (non-hydrogen) atoms. The summed E-state index contributed by atoms with van der Waals surface area (Å²) in [5.41, 5.74) is 1.87. The maximum absolute atomic E-state index is 14.4. The van der Waals surface area contributed by atoms with Crippen molar-refractivity contribution in [1.29, 1.82) is 0 Å². The molecular weight excluding hydrogens is 577 g/mol. The highest BCUT2D eigenvalue weighted by Gasteiger charge is 2.34. The Morgan fingerprint density at radius 2 is 1.50 bits per heavy atom. The van der Waals surface area contributed by atoms with Crippen LogP contribution >= 0.6 is 0 Å². The van der Waals surface area contributed by atoms with Gasteiger partial charge in [0.25, 0.3) is 0 Å². The molecule has 0 aliphatic heterocycles. The van der Waals surface area contributed by atoms with E-state index in [1.54, 1.807) is 24.3 Å². The molecule has 0 heterocycles. The van der Waals surface area contributed by atoms with Crippen LogP contribution in [0.5, 0.6) is 0 Å². The molecule has 0 bridgehead atoms. The zero-order valence-electron chi connectivity index (χ0n) is 24.9. The number of hydrogen-bond donors (Lipinski definition) is 1. The number of fused-ring (bicyclic) bond motifs is 1. The largest absolute Gasteiger partial charge is 0.352 e. The van der Waals surface area contributed by atoms with E-state index in [4.69, 9.17) is 0 Å². The molecule has 0 spiro atoms. The van der Waals surface area contributed by atoms with Crippen molar-refractivity contribution in [3.63, 3.8) is 0 Å². The molecule has 1 fully saturated rings. The van der Waals surface area contributed by atoms with Crippen molar-refractivity contribution in [2.45, 2.75) is 57.2 Å². The summed E-state index contributed by atoms with van der Waals surface area (Å²) >= 11 is 0. The number of hydrogen-bond acceptors (Lipinski definition) is 4. The van der Waals surface area contributed by atoms with E-state index in [1.165, 1.54) is 17.0 Å². The molecule has 230 valence electrons. The highest BCUT2D eigenvalue weighted by molar-refractivity contribution is 7.92. The third-order valence-electron chi connectivity index (χ3n) is 8.20. The first-order valence-electron chi connectivity index (χ1n) is 15.0. The second-order valence-electron chi connectivity index (χ2n) is 11.5. The van der Waals surface area contributed by atoms with E-state index in [0.29, 0.717) is 16.6 Å². The van der Waals surface area contributed by atoms with Crippen LogP contribution in [-0.2, 0) is 32.6 Å². The van der Waals surface area contributed by atoms with E-state index in [2.05, 4.69) is 5.32 Å². The summed E-state index contributed by atoms with van der Waals surface area (Å²) in [7, 11) is -3.91. The number of rotatable bonds is 11. The number of carbonyl (C=O) groups excluding carboxylic acids is 2. The first kappa shape index (κ1) is 31.2. The third kappa shape index (κ3) is 7.82. The highest BCUT2D eigenvalue weighted by Crippen LogP contribution is 2.29. The topological polar surface area (TPSA) is 86.8 Å². The van der Waals surface area contributed by atoms with Gasteiger partial charge in [-0.05, 0) is 47.6 Å². The van der Waals surface area contributed by atoms with Gasteiger partial charge in [-0.15, -0.1) is 0 Å². The van der Waals surface area contributed by atoms with Crippen LogP contribution in [0.1, 0.15) is 43.2 Å². The third-order valence-corrected chi connectivity index (χ3v) is 9.33. The molecule has 1 aliphatic carbocycles. The maximum atomic E-state index is 14.4. The van der Waals surface area contributed by atoms with E-state index in [9.17, 15) is 22.4 Å². The van der Waals surface area contributed by atoms with Crippen molar-refractivity contribution >= 4 is 38.3 Å². The van der Waals surface area contributed by atoms with Crippen LogP contribution in [0.4, 0.5) is 10.1 Å².